The molecule has 0 aromatic heterocycles. The van der Waals surface area contributed by atoms with Gasteiger partial charge in [0.05, 0.1) is 23.8 Å². The molecule has 132 valence electrons. The zero-order chi connectivity index (χ0) is 18.4. The Labute approximate surface area is 144 Å². The van der Waals surface area contributed by atoms with Crippen molar-refractivity contribution in [3.05, 3.63) is 58.6 Å². The minimum Gasteiger partial charge on any atom is -0.485 e. The lowest BCUT2D eigenvalue weighted by molar-refractivity contribution is -0.385. The van der Waals surface area contributed by atoms with E-state index in [4.69, 9.17) is 9.47 Å². The number of benzene rings is 1. The van der Waals surface area contributed by atoms with Crippen LogP contribution in [0.25, 0.3) is 0 Å². The van der Waals surface area contributed by atoms with Crippen LogP contribution in [0.2, 0.25) is 0 Å². The summed E-state index contributed by atoms with van der Waals surface area (Å²) in [6.45, 7) is 6.98. The fraction of sp³-hybridized carbons (Fsp3) is 0.353. The average molecular weight is 346 g/mol. The number of non-ortho nitro benzene ring substituents is 1. The standard InChI is InChI=1S/C17H18N2O6/c1-4-24-11-8-14(20)18(9-11)15-12-7-10(19(22)23)5-6-13(12)25-17(2,3)16(15)21/h4-8,15-16,21H,1,9H2,2-3H3/t15-,16+/m1/s1. The van der Waals surface area contributed by atoms with Crippen LogP contribution in [-0.2, 0) is 9.53 Å². The number of rotatable bonds is 4. The normalized spacial score (nSPS) is 24.2. The van der Waals surface area contributed by atoms with Gasteiger partial charge in [-0.1, -0.05) is 6.58 Å². The topological polar surface area (TPSA) is 102 Å². The lowest BCUT2D eigenvalue weighted by atomic mass is 9.85. The molecule has 2 atom stereocenters. The van der Waals surface area contributed by atoms with E-state index in [0.717, 1.165) is 0 Å². The molecular formula is C17H18N2O6. The summed E-state index contributed by atoms with van der Waals surface area (Å²) in [4.78, 5) is 24.4. The van der Waals surface area contributed by atoms with Gasteiger partial charge in [0.25, 0.3) is 11.6 Å². The van der Waals surface area contributed by atoms with Gasteiger partial charge in [0.15, 0.2) is 0 Å². The van der Waals surface area contributed by atoms with Gasteiger partial charge < -0.3 is 19.5 Å². The zero-order valence-electron chi connectivity index (χ0n) is 13.8. The highest BCUT2D eigenvalue weighted by Crippen LogP contribution is 2.45. The van der Waals surface area contributed by atoms with E-state index in [-0.39, 0.29) is 18.1 Å². The molecule has 8 nitrogen and oxygen atoms in total. The highest BCUT2D eigenvalue weighted by molar-refractivity contribution is 5.91. The third-order valence-corrected chi connectivity index (χ3v) is 4.37. The smallest absolute Gasteiger partial charge is 0.270 e. The first-order valence-electron chi connectivity index (χ1n) is 7.69. The van der Waals surface area contributed by atoms with Gasteiger partial charge in [-0.25, -0.2) is 0 Å². The monoisotopic (exact) mass is 346 g/mol. The quantitative estimate of drug-likeness (QED) is 0.508. The van der Waals surface area contributed by atoms with Crippen molar-refractivity contribution in [1.29, 1.82) is 0 Å². The summed E-state index contributed by atoms with van der Waals surface area (Å²) in [6.07, 6.45) is 1.45. The largest absolute Gasteiger partial charge is 0.485 e. The molecule has 25 heavy (non-hydrogen) atoms. The van der Waals surface area contributed by atoms with Crippen LogP contribution in [0.1, 0.15) is 25.5 Å². The Balaban J connectivity index is 2.06. The van der Waals surface area contributed by atoms with Crippen molar-refractivity contribution in [1.82, 2.24) is 4.90 Å². The maximum Gasteiger partial charge on any atom is 0.270 e. The predicted octanol–water partition coefficient (Wildman–Crippen LogP) is 2.05. The molecule has 0 spiro atoms. The number of aliphatic hydroxyl groups excluding tert-OH is 1. The van der Waals surface area contributed by atoms with Crippen molar-refractivity contribution >= 4 is 11.6 Å². The van der Waals surface area contributed by atoms with E-state index < -0.39 is 22.7 Å². The number of hydrogen-bond acceptors (Lipinski definition) is 6. The van der Waals surface area contributed by atoms with Crippen LogP contribution in [0.15, 0.2) is 42.9 Å². The minimum atomic E-state index is -1.08. The number of nitro benzene ring substituents is 1. The van der Waals surface area contributed by atoms with Crippen molar-refractivity contribution in [3.8, 4) is 5.75 Å². The van der Waals surface area contributed by atoms with Gasteiger partial charge in [0.1, 0.15) is 23.2 Å². The summed E-state index contributed by atoms with van der Waals surface area (Å²) in [5.41, 5.74) is -0.722. The summed E-state index contributed by atoms with van der Waals surface area (Å²) in [5, 5.41) is 21.9. The maximum atomic E-state index is 12.4. The molecule has 0 fully saturated rings. The number of carbonyl (C=O) groups excluding carboxylic acids is 1. The van der Waals surface area contributed by atoms with Crippen LogP contribution in [0.3, 0.4) is 0 Å². The number of hydrogen-bond donors (Lipinski definition) is 1. The second-order valence-electron chi connectivity index (χ2n) is 6.44. The van der Waals surface area contributed by atoms with E-state index >= 15 is 0 Å². The van der Waals surface area contributed by atoms with Crippen molar-refractivity contribution < 1.29 is 24.3 Å². The minimum absolute atomic E-state index is 0.130. The van der Waals surface area contributed by atoms with Gasteiger partial charge in [0.2, 0.25) is 0 Å². The summed E-state index contributed by atoms with van der Waals surface area (Å²) in [6, 6.07) is 3.36. The fourth-order valence-corrected chi connectivity index (χ4v) is 3.13. The number of nitro groups is 1. The van der Waals surface area contributed by atoms with Gasteiger partial charge in [-0.3, -0.25) is 14.9 Å². The molecule has 1 aromatic carbocycles. The number of carbonyl (C=O) groups is 1. The molecular weight excluding hydrogens is 328 g/mol. The van der Waals surface area contributed by atoms with Crippen molar-refractivity contribution in [2.75, 3.05) is 6.54 Å². The second kappa shape index (κ2) is 5.89. The van der Waals surface area contributed by atoms with E-state index in [0.29, 0.717) is 17.1 Å². The highest BCUT2D eigenvalue weighted by Gasteiger charge is 2.48. The average Bonchev–Trinajstić information content (AvgIpc) is 2.88. The molecule has 2 aliphatic rings. The van der Waals surface area contributed by atoms with Crippen LogP contribution >= 0.6 is 0 Å². The number of amides is 1. The molecule has 8 heteroatoms. The van der Waals surface area contributed by atoms with E-state index in [1.807, 2.05) is 0 Å². The summed E-state index contributed by atoms with van der Waals surface area (Å²) in [5.74, 6) is 0.441. The number of nitrogens with zero attached hydrogens (tertiary/aromatic N) is 2. The Morgan fingerprint density at radius 1 is 1.52 bits per heavy atom. The van der Waals surface area contributed by atoms with Gasteiger partial charge in [-0.2, -0.15) is 0 Å². The van der Waals surface area contributed by atoms with Crippen LogP contribution in [-0.4, -0.2) is 39.1 Å². The molecule has 0 aliphatic carbocycles. The zero-order valence-corrected chi connectivity index (χ0v) is 13.8. The predicted molar refractivity (Wildman–Crippen MR) is 87.6 cm³/mol. The summed E-state index contributed by atoms with van der Waals surface area (Å²) >= 11 is 0. The van der Waals surface area contributed by atoms with E-state index in [2.05, 4.69) is 6.58 Å². The lowest BCUT2D eigenvalue weighted by Crippen LogP contribution is -2.54. The van der Waals surface area contributed by atoms with E-state index in [1.54, 1.807) is 13.8 Å². The van der Waals surface area contributed by atoms with Crippen molar-refractivity contribution in [2.24, 2.45) is 0 Å². The Kier molecular flexibility index (Phi) is 4.00. The SMILES string of the molecule is C=COC1=CC(=O)N([C@@H]2c3cc([N+](=O)[O-])ccc3OC(C)(C)[C@H]2O)C1. The molecule has 2 heterocycles. The highest BCUT2D eigenvalue weighted by atomic mass is 16.6. The molecule has 0 saturated heterocycles. The van der Waals surface area contributed by atoms with Crippen LogP contribution < -0.4 is 4.74 Å². The van der Waals surface area contributed by atoms with Gasteiger partial charge in [-0.05, 0) is 19.9 Å². The molecule has 0 saturated carbocycles. The first-order valence-corrected chi connectivity index (χ1v) is 7.69. The Hall–Kier alpha value is -2.87. The summed E-state index contributed by atoms with van der Waals surface area (Å²) < 4.78 is 11.0. The molecule has 1 amide bonds. The second-order valence-corrected chi connectivity index (χ2v) is 6.44. The van der Waals surface area contributed by atoms with Gasteiger partial charge >= 0.3 is 0 Å². The first kappa shape index (κ1) is 17.0. The number of aliphatic hydroxyl groups is 1. The van der Waals surface area contributed by atoms with E-state index in [9.17, 15) is 20.0 Å². The first-order chi connectivity index (χ1) is 11.7. The molecule has 1 aromatic rings. The van der Waals surface area contributed by atoms with Crippen molar-refractivity contribution in [3.63, 3.8) is 0 Å². The Morgan fingerprint density at radius 2 is 2.24 bits per heavy atom. The van der Waals surface area contributed by atoms with Crippen LogP contribution in [0, 0.1) is 10.1 Å². The van der Waals surface area contributed by atoms with Crippen molar-refractivity contribution in [2.45, 2.75) is 31.6 Å². The Bertz CT molecular complexity index is 785. The fourth-order valence-electron chi connectivity index (χ4n) is 3.13. The van der Waals surface area contributed by atoms with Gasteiger partial charge in [0, 0.05) is 23.8 Å². The molecule has 3 rings (SSSR count). The van der Waals surface area contributed by atoms with E-state index in [1.165, 1.54) is 35.4 Å². The lowest BCUT2D eigenvalue weighted by Gasteiger charge is -2.45. The molecule has 0 radical (unpaired) electrons. The number of ether oxygens (including phenoxy) is 2. The Morgan fingerprint density at radius 3 is 2.88 bits per heavy atom. The summed E-state index contributed by atoms with van der Waals surface area (Å²) in [7, 11) is 0. The molecule has 0 unspecified atom stereocenters. The third kappa shape index (κ3) is 2.85. The maximum absolute atomic E-state index is 12.4. The molecule has 1 N–H and O–H groups in total. The molecule has 0 bridgehead atoms. The van der Waals surface area contributed by atoms with Crippen LogP contribution in [0.4, 0.5) is 5.69 Å². The molecule has 2 aliphatic heterocycles. The number of fused-ring (bicyclic) bond motifs is 1. The third-order valence-electron chi connectivity index (χ3n) is 4.37. The van der Waals surface area contributed by atoms with Crippen LogP contribution in [0.5, 0.6) is 5.75 Å². The van der Waals surface area contributed by atoms with Gasteiger partial charge in [-0.15, -0.1) is 0 Å².